The predicted molar refractivity (Wildman–Crippen MR) is 81.0 cm³/mol. The van der Waals surface area contributed by atoms with Gasteiger partial charge in [0.2, 0.25) is 0 Å². The maximum absolute atomic E-state index is 5.88. The van der Waals surface area contributed by atoms with E-state index in [0.717, 1.165) is 29.0 Å². The Morgan fingerprint density at radius 1 is 1.20 bits per heavy atom. The van der Waals surface area contributed by atoms with Crippen LogP contribution in [0.3, 0.4) is 0 Å². The van der Waals surface area contributed by atoms with E-state index in [-0.39, 0.29) is 5.41 Å². The molecule has 1 aliphatic heterocycles. The van der Waals surface area contributed by atoms with Crippen molar-refractivity contribution in [1.29, 1.82) is 0 Å². The minimum atomic E-state index is 0.148. The molecule has 0 unspecified atom stereocenters. The summed E-state index contributed by atoms with van der Waals surface area (Å²) in [6, 6.07) is 12.2. The zero-order chi connectivity index (χ0) is 13.7. The van der Waals surface area contributed by atoms with Gasteiger partial charge >= 0.3 is 0 Å². The minimum Gasteiger partial charge on any atom is -0.454 e. The normalized spacial score (nSPS) is 16.1. The second-order valence-corrected chi connectivity index (χ2v) is 6.00. The van der Waals surface area contributed by atoms with Gasteiger partial charge in [-0.15, -0.1) is 0 Å². The predicted octanol–water partition coefficient (Wildman–Crippen LogP) is 4.20. The van der Waals surface area contributed by atoms with Crippen molar-refractivity contribution >= 4 is 16.7 Å². The third-order valence-corrected chi connectivity index (χ3v) is 4.03. The molecule has 4 rings (SSSR count). The fourth-order valence-electron chi connectivity index (χ4n) is 2.80. The van der Waals surface area contributed by atoms with Crippen LogP contribution in [0.1, 0.15) is 19.4 Å². The van der Waals surface area contributed by atoms with E-state index in [2.05, 4.69) is 36.3 Å². The Labute approximate surface area is 117 Å². The van der Waals surface area contributed by atoms with Crippen LogP contribution in [-0.2, 0) is 5.41 Å². The van der Waals surface area contributed by atoms with Gasteiger partial charge in [-0.3, -0.25) is 4.98 Å². The number of pyridine rings is 1. The number of hydrogen-bond donors (Lipinski definition) is 1. The number of nitrogens with one attached hydrogen (secondary N) is 1. The number of anilines is 1. The van der Waals surface area contributed by atoms with Crippen molar-refractivity contribution in [2.45, 2.75) is 19.3 Å². The summed E-state index contributed by atoms with van der Waals surface area (Å²) in [4.78, 5) is 4.58. The Kier molecular flexibility index (Phi) is 2.22. The first kappa shape index (κ1) is 11.5. The van der Waals surface area contributed by atoms with Gasteiger partial charge in [-0.05, 0) is 18.2 Å². The van der Waals surface area contributed by atoms with Crippen LogP contribution in [-0.4, -0.2) is 11.5 Å². The molecule has 0 saturated carbocycles. The maximum Gasteiger partial charge on any atom is 0.153 e. The summed E-state index contributed by atoms with van der Waals surface area (Å²) in [6.45, 7) is 5.41. The number of furan rings is 1. The summed E-state index contributed by atoms with van der Waals surface area (Å²) in [5.41, 5.74) is 4.37. The lowest BCUT2D eigenvalue weighted by atomic mass is 9.88. The number of fused-ring (bicyclic) bond motifs is 2. The van der Waals surface area contributed by atoms with Crippen LogP contribution < -0.4 is 5.32 Å². The molecule has 3 nitrogen and oxygen atoms in total. The lowest BCUT2D eigenvalue weighted by Crippen LogP contribution is -2.18. The Morgan fingerprint density at radius 2 is 2.05 bits per heavy atom. The van der Waals surface area contributed by atoms with Crippen LogP contribution in [0, 0.1) is 0 Å². The standard InChI is InChI=1S/C17H16N2O/c1-17(2)10-19-13-8-14(18-9-12(13)17)16-7-11-5-3-4-6-15(11)20-16/h3-9,19H,10H2,1-2H3. The first-order valence-corrected chi connectivity index (χ1v) is 6.87. The Bertz CT molecular complexity index is 769. The van der Waals surface area contributed by atoms with Crippen LogP contribution >= 0.6 is 0 Å². The van der Waals surface area contributed by atoms with E-state index < -0.39 is 0 Å². The van der Waals surface area contributed by atoms with Crippen LogP contribution in [0.4, 0.5) is 5.69 Å². The molecule has 3 heterocycles. The summed E-state index contributed by atoms with van der Waals surface area (Å²) in [7, 11) is 0. The summed E-state index contributed by atoms with van der Waals surface area (Å²) >= 11 is 0. The molecule has 0 amide bonds. The SMILES string of the molecule is CC1(C)CNc2cc(-c3cc4ccccc4o3)ncc21. The van der Waals surface area contributed by atoms with E-state index in [4.69, 9.17) is 4.42 Å². The molecule has 1 aliphatic rings. The first-order valence-electron chi connectivity index (χ1n) is 6.87. The molecule has 0 atom stereocenters. The molecule has 1 aromatic carbocycles. The molecule has 100 valence electrons. The molecule has 0 saturated heterocycles. The number of aromatic nitrogens is 1. The smallest absolute Gasteiger partial charge is 0.153 e. The summed E-state index contributed by atoms with van der Waals surface area (Å²) in [5, 5.41) is 4.56. The molecule has 0 fully saturated rings. The van der Waals surface area contributed by atoms with E-state index in [1.54, 1.807) is 0 Å². The quantitative estimate of drug-likeness (QED) is 0.716. The van der Waals surface area contributed by atoms with Crippen molar-refractivity contribution in [3.05, 3.63) is 48.2 Å². The topological polar surface area (TPSA) is 38.1 Å². The van der Waals surface area contributed by atoms with Gasteiger partial charge in [0.15, 0.2) is 5.76 Å². The lowest BCUT2D eigenvalue weighted by Gasteiger charge is -2.16. The third kappa shape index (κ3) is 1.63. The van der Waals surface area contributed by atoms with Crippen LogP contribution in [0.5, 0.6) is 0 Å². The average molecular weight is 264 g/mol. The van der Waals surface area contributed by atoms with Gasteiger partial charge in [0.05, 0.1) is 0 Å². The number of hydrogen-bond acceptors (Lipinski definition) is 3. The minimum absolute atomic E-state index is 0.148. The van der Waals surface area contributed by atoms with Crippen molar-refractivity contribution in [3.63, 3.8) is 0 Å². The van der Waals surface area contributed by atoms with Gasteiger partial charge in [0.25, 0.3) is 0 Å². The van der Waals surface area contributed by atoms with Gasteiger partial charge in [0.1, 0.15) is 11.3 Å². The van der Waals surface area contributed by atoms with Crippen LogP contribution in [0.2, 0.25) is 0 Å². The molecule has 2 aromatic heterocycles. The summed E-state index contributed by atoms with van der Waals surface area (Å²) in [5.74, 6) is 0.820. The second kappa shape index (κ2) is 3.85. The molecule has 1 N–H and O–H groups in total. The highest BCUT2D eigenvalue weighted by molar-refractivity contribution is 5.82. The van der Waals surface area contributed by atoms with E-state index in [9.17, 15) is 0 Å². The third-order valence-electron chi connectivity index (χ3n) is 4.03. The number of rotatable bonds is 1. The molecule has 0 aliphatic carbocycles. The van der Waals surface area contributed by atoms with Crippen molar-refractivity contribution < 1.29 is 4.42 Å². The van der Waals surface area contributed by atoms with Crippen molar-refractivity contribution in [2.75, 3.05) is 11.9 Å². The van der Waals surface area contributed by atoms with E-state index >= 15 is 0 Å². The lowest BCUT2D eigenvalue weighted by molar-refractivity contribution is 0.584. The first-order chi connectivity index (χ1) is 9.63. The monoisotopic (exact) mass is 264 g/mol. The van der Waals surface area contributed by atoms with Gasteiger partial charge in [-0.2, -0.15) is 0 Å². The Balaban J connectivity index is 1.83. The van der Waals surface area contributed by atoms with Crippen molar-refractivity contribution in [1.82, 2.24) is 4.98 Å². The van der Waals surface area contributed by atoms with E-state index in [0.29, 0.717) is 0 Å². The fourth-order valence-corrected chi connectivity index (χ4v) is 2.80. The van der Waals surface area contributed by atoms with Gasteiger partial charge < -0.3 is 9.73 Å². The average Bonchev–Trinajstić information content (AvgIpc) is 3.00. The summed E-state index contributed by atoms with van der Waals surface area (Å²) in [6.07, 6.45) is 1.97. The van der Waals surface area contributed by atoms with Crippen molar-refractivity contribution in [3.8, 4) is 11.5 Å². The van der Waals surface area contributed by atoms with Gasteiger partial charge in [-0.1, -0.05) is 32.0 Å². The number of para-hydroxylation sites is 1. The second-order valence-electron chi connectivity index (χ2n) is 6.00. The zero-order valence-electron chi connectivity index (χ0n) is 11.6. The maximum atomic E-state index is 5.88. The largest absolute Gasteiger partial charge is 0.454 e. The molecule has 0 radical (unpaired) electrons. The van der Waals surface area contributed by atoms with E-state index in [1.165, 1.54) is 11.3 Å². The number of nitrogens with zero attached hydrogens (tertiary/aromatic N) is 1. The molecular formula is C17H16N2O. The van der Waals surface area contributed by atoms with Crippen LogP contribution in [0.25, 0.3) is 22.4 Å². The highest BCUT2D eigenvalue weighted by atomic mass is 16.3. The Morgan fingerprint density at radius 3 is 2.90 bits per heavy atom. The highest BCUT2D eigenvalue weighted by Gasteiger charge is 2.30. The molecule has 0 bridgehead atoms. The molecule has 0 spiro atoms. The number of benzene rings is 1. The summed E-state index contributed by atoms with van der Waals surface area (Å²) < 4.78 is 5.88. The van der Waals surface area contributed by atoms with E-state index in [1.807, 2.05) is 30.5 Å². The zero-order valence-corrected chi connectivity index (χ0v) is 11.6. The van der Waals surface area contributed by atoms with Crippen LogP contribution in [0.15, 0.2) is 47.0 Å². The van der Waals surface area contributed by atoms with Gasteiger partial charge in [-0.25, -0.2) is 0 Å². The Hall–Kier alpha value is -2.29. The molecule has 3 heteroatoms. The van der Waals surface area contributed by atoms with Gasteiger partial charge in [0, 0.05) is 34.8 Å². The molecule has 20 heavy (non-hydrogen) atoms. The molecule has 3 aromatic rings. The van der Waals surface area contributed by atoms with Crippen molar-refractivity contribution in [2.24, 2.45) is 0 Å². The molecular weight excluding hydrogens is 248 g/mol. The highest BCUT2D eigenvalue weighted by Crippen LogP contribution is 2.38. The fraction of sp³-hybridized carbons (Fsp3) is 0.235.